The molecule has 0 saturated carbocycles. The molecule has 300 valence electrons. The fourth-order valence-electron chi connectivity index (χ4n) is 5.53. The van der Waals surface area contributed by atoms with Crippen molar-refractivity contribution in [2.75, 3.05) is 19.8 Å². The number of allylic oxidation sites excluding steroid dienone is 2. The molecular weight excluding hydrogens is 673 g/mol. The topological polar surface area (TPSA) is 172 Å². The molecule has 0 radical (unpaired) electrons. The van der Waals surface area contributed by atoms with Crippen molar-refractivity contribution in [2.24, 2.45) is 5.73 Å². The lowest BCUT2D eigenvalue weighted by Crippen LogP contribution is -2.34. The van der Waals surface area contributed by atoms with Gasteiger partial charge in [-0.05, 0) is 38.5 Å². The summed E-state index contributed by atoms with van der Waals surface area (Å²) in [6, 6.07) is -1.52. The average molecular weight is 748 g/mol. The molecule has 51 heavy (non-hydrogen) atoms. The normalized spacial score (nSPS) is 14.0. The summed E-state index contributed by atoms with van der Waals surface area (Å²) in [4.78, 5) is 45.8. The van der Waals surface area contributed by atoms with Crippen LogP contribution in [0.4, 0.5) is 0 Å². The van der Waals surface area contributed by atoms with Crippen LogP contribution in [0, 0.1) is 0 Å². The Morgan fingerprint density at radius 1 is 0.588 bits per heavy atom. The molecule has 0 aromatic carbocycles. The number of unbranched alkanes of at least 4 members (excludes halogenated alkanes) is 22. The van der Waals surface area contributed by atoms with Gasteiger partial charge in [0.1, 0.15) is 12.6 Å². The van der Waals surface area contributed by atoms with Gasteiger partial charge >= 0.3 is 25.7 Å². The van der Waals surface area contributed by atoms with Crippen molar-refractivity contribution < 1.29 is 47.5 Å². The molecule has 0 saturated heterocycles. The lowest BCUT2D eigenvalue weighted by Gasteiger charge is -2.20. The highest BCUT2D eigenvalue weighted by atomic mass is 31.2. The quantitative estimate of drug-likeness (QED) is 0.0237. The highest BCUT2D eigenvalue weighted by molar-refractivity contribution is 7.47. The van der Waals surface area contributed by atoms with Gasteiger partial charge in [-0.3, -0.25) is 23.4 Å². The van der Waals surface area contributed by atoms with Crippen LogP contribution < -0.4 is 5.73 Å². The minimum Gasteiger partial charge on any atom is -0.480 e. The number of hydrogen-bond donors (Lipinski definition) is 3. The summed E-state index contributed by atoms with van der Waals surface area (Å²) < 4.78 is 32.6. The fraction of sp³-hybridized carbons (Fsp3) is 0.872. The number of carbonyl (C=O) groups is 3. The van der Waals surface area contributed by atoms with Crippen LogP contribution in [-0.4, -0.2) is 59.9 Å². The van der Waals surface area contributed by atoms with Gasteiger partial charge in [-0.25, -0.2) is 4.57 Å². The molecule has 0 heterocycles. The Morgan fingerprint density at radius 3 is 1.43 bits per heavy atom. The molecule has 11 nitrogen and oxygen atoms in total. The van der Waals surface area contributed by atoms with Crippen LogP contribution >= 0.6 is 7.82 Å². The van der Waals surface area contributed by atoms with Crippen molar-refractivity contribution in [2.45, 2.75) is 199 Å². The largest absolute Gasteiger partial charge is 0.480 e. The predicted molar refractivity (Wildman–Crippen MR) is 203 cm³/mol. The zero-order valence-corrected chi connectivity index (χ0v) is 33.1. The highest BCUT2D eigenvalue weighted by Crippen LogP contribution is 2.43. The van der Waals surface area contributed by atoms with Gasteiger partial charge in [-0.15, -0.1) is 0 Å². The van der Waals surface area contributed by atoms with Gasteiger partial charge in [0.15, 0.2) is 6.10 Å². The number of rotatable bonds is 38. The van der Waals surface area contributed by atoms with Gasteiger partial charge in [0, 0.05) is 12.8 Å². The number of ether oxygens (including phenoxy) is 2. The Kier molecular flexibility index (Phi) is 34.0. The second-order valence-corrected chi connectivity index (χ2v) is 15.2. The van der Waals surface area contributed by atoms with Gasteiger partial charge in [0.2, 0.25) is 0 Å². The average Bonchev–Trinajstić information content (AvgIpc) is 3.10. The second-order valence-electron chi connectivity index (χ2n) is 13.8. The van der Waals surface area contributed by atoms with Crippen LogP contribution in [0.1, 0.15) is 187 Å². The standard InChI is InChI=1S/C39H74NO10P/c1-3-5-7-9-11-13-15-17-19-20-22-24-26-28-30-37(41)47-32-35(33-48-51(45,46)49-34-36(40)39(43)44)50-38(42)31-29-27-25-23-21-18-16-14-12-10-8-6-4-2/h15,17,35-36H,3-14,16,18-34,40H2,1-2H3,(H,43,44)(H,45,46)/b17-15-/t35-,36+/m1/s1. The van der Waals surface area contributed by atoms with Gasteiger partial charge in [-0.1, -0.05) is 148 Å². The van der Waals surface area contributed by atoms with Crippen molar-refractivity contribution in [3.63, 3.8) is 0 Å². The molecule has 1 unspecified atom stereocenters. The zero-order chi connectivity index (χ0) is 37.8. The molecule has 0 spiro atoms. The summed E-state index contributed by atoms with van der Waals surface area (Å²) in [5.41, 5.74) is 5.32. The van der Waals surface area contributed by atoms with Crippen LogP contribution in [-0.2, 0) is 37.5 Å². The second kappa shape index (κ2) is 35.3. The maximum absolute atomic E-state index is 12.6. The Morgan fingerprint density at radius 2 is 0.980 bits per heavy atom. The molecule has 0 aliphatic rings. The first-order valence-electron chi connectivity index (χ1n) is 20.2. The summed E-state index contributed by atoms with van der Waals surface area (Å²) in [6.07, 6.45) is 32.7. The molecule has 0 bridgehead atoms. The molecule has 0 aliphatic carbocycles. The van der Waals surface area contributed by atoms with E-state index in [9.17, 15) is 23.8 Å². The molecule has 0 aliphatic heterocycles. The third kappa shape index (κ3) is 35.0. The van der Waals surface area contributed by atoms with E-state index in [1.165, 1.54) is 89.9 Å². The van der Waals surface area contributed by atoms with Gasteiger partial charge in [-0.2, -0.15) is 0 Å². The van der Waals surface area contributed by atoms with Crippen molar-refractivity contribution >= 4 is 25.7 Å². The molecular formula is C39H74NO10P. The lowest BCUT2D eigenvalue weighted by atomic mass is 10.0. The first-order chi connectivity index (χ1) is 24.6. The number of aliphatic carboxylic acids is 1. The Bertz CT molecular complexity index is 932. The van der Waals surface area contributed by atoms with Gasteiger partial charge in [0.25, 0.3) is 0 Å². The fourth-order valence-corrected chi connectivity index (χ4v) is 6.31. The molecule has 0 aromatic rings. The van der Waals surface area contributed by atoms with E-state index in [0.29, 0.717) is 12.8 Å². The molecule has 0 amide bonds. The highest BCUT2D eigenvalue weighted by Gasteiger charge is 2.28. The summed E-state index contributed by atoms with van der Waals surface area (Å²) in [5.74, 6) is -2.38. The smallest absolute Gasteiger partial charge is 0.472 e. The van der Waals surface area contributed by atoms with E-state index in [0.717, 1.165) is 57.8 Å². The third-order valence-corrected chi connectivity index (χ3v) is 9.71. The number of carbonyl (C=O) groups excluding carboxylic acids is 2. The minimum atomic E-state index is -4.71. The molecule has 0 fully saturated rings. The van der Waals surface area contributed by atoms with Crippen LogP contribution in [0.15, 0.2) is 12.2 Å². The van der Waals surface area contributed by atoms with E-state index in [-0.39, 0.29) is 19.4 Å². The lowest BCUT2D eigenvalue weighted by molar-refractivity contribution is -0.161. The predicted octanol–water partition coefficient (Wildman–Crippen LogP) is 10.1. The van der Waals surface area contributed by atoms with E-state index in [1.807, 2.05) is 0 Å². The third-order valence-electron chi connectivity index (χ3n) is 8.76. The van der Waals surface area contributed by atoms with E-state index >= 15 is 0 Å². The Hall–Kier alpha value is -1.78. The van der Waals surface area contributed by atoms with Crippen LogP contribution in [0.5, 0.6) is 0 Å². The van der Waals surface area contributed by atoms with E-state index in [2.05, 4.69) is 30.5 Å². The number of hydrogen-bond acceptors (Lipinski definition) is 9. The summed E-state index contributed by atoms with van der Waals surface area (Å²) in [7, 11) is -4.71. The SMILES string of the molecule is CCCCCCC/C=C\CCCCCCCC(=O)OC[C@H](COP(=O)(O)OC[C@H](N)C(=O)O)OC(=O)CCCCCCCCCCCCCCC. The summed E-state index contributed by atoms with van der Waals surface area (Å²) >= 11 is 0. The van der Waals surface area contributed by atoms with Gasteiger partial charge in [0.05, 0.1) is 13.2 Å². The van der Waals surface area contributed by atoms with Crippen LogP contribution in [0.2, 0.25) is 0 Å². The molecule has 3 atom stereocenters. The zero-order valence-electron chi connectivity index (χ0n) is 32.2. The number of phosphoric ester groups is 1. The first kappa shape index (κ1) is 49.2. The van der Waals surface area contributed by atoms with Crippen LogP contribution in [0.25, 0.3) is 0 Å². The van der Waals surface area contributed by atoms with Crippen LogP contribution in [0.3, 0.4) is 0 Å². The number of carboxylic acids is 1. The number of esters is 2. The van der Waals surface area contributed by atoms with E-state index in [1.54, 1.807) is 0 Å². The number of phosphoric acid groups is 1. The van der Waals surface area contributed by atoms with Gasteiger partial charge < -0.3 is 25.2 Å². The monoisotopic (exact) mass is 748 g/mol. The summed E-state index contributed by atoms with van der Waals surface area (Å²) in [5, 5.41) is 8.86. The van der Waals surface area contributed by atoms with E-state index < -0.39 is 51.1 Å². The molecule has 0 aromatic heterocycles. The number of carboxylic acid groups (broad SMARTS) is 1. The van der Waals surface area contributed by atoms with Crippen molar-refractivity contribution in [3.05, 3.63) is 12.2 Å². The molecule has 12 heteroatoms. The molecule has 4 N–H and O–H groups in total. The maximum Gasteiger partial charge on any atom is 0.472 e. The first-order valence-corrected chi connectivity index (χ1v) is 21.7. The van der Waals surface area contributed by atoms with E-state index in [4.69, 9.17) is 24.8 Å². The maximum atomic E-state index is 12.6. The minimum absolute atomic E-state index is 0.164. The van der Waals surface area contributed by atoms with Crippen molar-refractivity contribution in [1.29, 1.82) is 0 Å². The summed E-state index contributed by atoms with van der Waals surface area (Å²) in [6.45, 7) is 2.78. The van der Waals surface area contributed by atoms with Crippen molar-refractivity contribution in [1.82, 2.24) is 0 Å². The molecule has 0 rings (SSSR count). The van der Waals surface area contributed by atoms with Crippen molar-refractivity contribution in [3.8, 4) is 0 Å². The Labute approximate surface area is 309 Å². The number of nitrogens with two attached hydrogens (primary N) is 1. The Balaban J connectivity index is 4.40.